The number of nitrogens with zero attached hydrogens (tertiary/aromatic N) is 3. The second-order valence-corrected chi connectivity index (χ2v) is 7.48. The maximum Gasteiger partial charge on any atom is 0.408 e. The maximum absolute atomic E-state index is 12.8. The van der Waals surface area contributed by atoms with Crippen molar-refractivity contribution in [2.24, 2.45) is 5.92 Å². The minimum Gasteiger partial charge on any atom is -0.445 e. The molecule has 12 heteroatoms. The minimum absolute atomic E-state index is 0.0182. The van der Waals surface area contributed by atoms with Crippen LogP contribution in [0.2, 0.25) is 0 Å². The Morgan fingerprint density at radius 2 is 2.00 bits per heavy atom. The van der Waals surface area contributed by atoms with Crippen molar-refractivity contribution in [2.45, 2.75) is 33.2 Å². The molecule has 1 atom stereocenters. The fourth-order valence-corrected chi connectivity index (χ4v) is 2.96. The van der Waals surface area contributed by atoms with Gasteiger partial charge in [0.05, 0.1) is 19.5 Å². The molecule has 2 amide bonds. The van der Waals surface area contributed by atoms with E-state index in [1.165, 1.54) is 10.9 Å². The van der Waals surface area contributed by atoms with Gasteiger partial charge in [-0.1, -0.05) is 44.2 Å². The minimum atomic E-state index is -0.938. The van der Waals surface area contributed by atoms with E-state index in [0.717, 1.165) is 5.56 Å². The summed E-state index contributed by atoms with van der Waals surface area (Å²) in [6.45, 7) is 3.55. The summed E-state index contributed by atoms with van der Waals surface area (Å²) in [5, 5.41) is 13.9. The highest BCUT2D eigenvalue weighted by atomic mass is 16.5. The highest BCUT2D eigenvalue weighted by Gasteiger charge is 2.26. The van der Waals surface area contributed by atoms with Gasteiger partial charge in [-0.2, -0.15) is 4.98 Å². The molecule has 0 radical (unpaired) electrons. The highest BCUT2D eigenvalue weighted by Crippen LogP contribution is 2.10. The Balaban J connectivity index is 1.68. The number of alkyl carbamates (subject to hydrolysis) is 1. The van der Waals surface area contributed by atoms with Crippen molar-refractivity contribution in [1.29, 1.82) is 0 Å². The number of imidazole rings is 1. The van der Waals surface area contributed by atoms with Gasteiger partial charge in [-0.25, -0.2) is 9.78 Å². The average molecular weight is 458 g/mol. The number of nitrogens with one attached hydrogen (secondary N) is 3. The number of aliphatic hydroxyl groups excluding tert-OH is 1. The van der Waals surface area contributed by atoms with E-state index in [4.69, 9.17) is 14.6 Å². The Kier molecular flexibility index (Phi) is 8.11. The molecular formula is C21H26N6O6. The lowest BCUT2D eigenvalue weighted by Gasteiger charge is -2.21. The van der Waals surface area contributed by atoms with E-state index < -0.39 is 23.6 Å². The third-order valence-corrected chi connectivity index (χ3v) is 4.62. The Hall–Kier alpha value is -3.77. The molecule has 3 aromatic rings. The predicted molar refractivity (Wildman–Crippen MR) is 118 cm³/mol. The topological polar surface area (TPSA) is 160 Å². The maximum atomic E-state index is 12.8. The zero-order valence-corrected chi connectivity index (χ0v) is 18.3. The summed E-state index contributed by atoms with van der Waals surface area (Å²) in [6.07, 6.45) is 0.626. The molecule has 3 rings (SSSR count). The highest BCUT2D eigenvalue weighted by molar-refractivity contribution is 5.95. The fraction of sp³-hybridized carbons (Fsp3) is 0.381. The van der Waals surface area contributed by atoms with E-state index in [1.54, 1.807) is 13.8 Å². The zero-order chi connectivity index (χ0) is 23.8. The van der Waals surface area contributed by atoms with Crippen molar-refractivity contribution < 1.29 is 24.2 Å². The van der Waals surface area contributed by atoms with Crippen LogP contribution in [0.5, 0.6) is 0 Å². The number of rotatable bonds is 10. The van der Waals surface area contributed by atoms with Crippen LogP contribution in [0.4, 0.5) is 10.7 Å². The number of hydrogen-bond donors (Lipinski definition) is 4. The molecular weight excluding hydrogens is 432 g/mol. The lowest BCUT2D eigenvalue weighted by molar-refractivity contribution is -0.119. The molecule has 0 aliphatic rings. The van der Waals surface area contributed by atoms with E-state index in [-0.39, 0.29) is 49.6 Å². The Morgan fingerprint density at radius 3 is 2.70 bits per heavy atom. The Bertz CT molecular complexity index is 1140. The van der Waals surface area contributed by atoms with E-state index in [1.807, 2.05) is 30.3 Å². The number of anilines is 1. The van der Waals surface area contributed by atoms with Crippen molar-refractivity contribution in [3.63, 3.8) is 0 Å². The molecule has 33 heavy (non-hydrogen) atoms. The number of aromatic nitrogens is 4. The van der Waals surface area contributed by atoms with Crippen LogP contribution in [-0.2, 0) is 27.6 Å². The number of benzene rings is 1. The van der Waals surface area contributed by atoms with Crippen molar-refractivity contribution >= 4 is 29.1 Å². The van der Waals surface area contributed by atoms with Gasteiger partial charge in [0.2, 0.25) is 11.9 Å². The van der Waals surface area contributed by atoms with Crippen molar-refractivity contribution in [1.82, 2.24) is 24.8 Å². The van der Waals surface area contributed by atoms with Crippen LogP contribution in [0.25, 0.3) is 11.2 Å². The molecule has 0 aliphatic heterocycles. The quantitative estimate of drug-likeness (QED) is 0.327. The summed E-state index contributed by atoms with van der Waals surface area (Å²) in [7, 11) is 0. The summed E-state index contributed by atoms with van der Waals surface area (Å²) < 4.78 is 11.9. The molecule has 0 fully saturated rings. The van der Waals surface area contributed by atoms with Crippen LogP contribution in [-0.4, -0.2) is 55.9 Å². The lowest BCUT2D eigenvalue weighted by atomic mass is 10.0. The van der Waals surface area contributed by atoms with Crippen LogP contribution in [0.3, 0.4) is 0 Å². The van der Waals surface area contributed by atoms with E-state index in [2.05, 4.69) is 25.6 Å². The summed E-state index contributed by atoms with van der Waals surface area (Å²) in [4.78, 5) is 48.1. The number of carbonyl (C=O) groups is 2. The van der Waals surface area contributed by atoms with E-state index in [9.17, 15) is 14.4 Å². The number of H-pyrrole nitrogens is 1. The van der Waals surface area contributed by atoms with Crippen LogP contribution in [0.1, 0.15) is 19.4 Å². The number of amides is 2. The molecule has 2 aromatic heterocycles. The summed E-state index contributed by atoms with van der Waals surface area (Å²) in [5.74, 6) is -0.958. The summed E-state index contributed by atoms with van der Waals surface area (Å²) in [6, 6.07) is 8.21. The summed E-state index contributed by atoms with van der Waals surface area (Å²) >= 11 is 0. The molecule has 0 saturated carbocycles. The summed E-state index contributed by atoms with van der Waals surface area (Å²) in [5.41, 5.74) is 0.535. The second kappa shape index (κ2) is 11.2. The predicted octanol–water partition coefficient (Wildman–Crippen LogP) is 0.975. The van der Waals surface area contributed by atoms with Gasteiger partial charge in [0.15, 0.2) is 11.2 Å². The third kappa shape index (κ3) is 6.37. The van der Waals surface area contributed by atoms with Gasteiger partial charge < -0.3 is 19.9 Å². The molecule has 2 heterocycles. The lowest BCUT2D eigenvalue weighted by Crippen LogP contribution is -2.47. The Labute approximate surface area is 189 Å². The average Bonchev–Trinajstić information content (AvgIpc) is 3.20. The SMILES string of the molecule is CC(C)[C@H](NC(=O)OCc1ccccc1)C(=O)Nc1nc2c(ncn2COCCO)c(=O)[nH]1. The van der Waals surface area contributed by atoms with Crippen molar-refractivity contribution in [2.75, 3.05) is 18.5 Å². The molecule has 0 unspecified atom stereocenters. The molecule has 0 saturated heterocycles. The largest absolute Gasteiger partial charge is 0.445 e. The van der Waals surface area contributed by atoms with Crippen LogP contribution >= 0.6 is 0 Å². The van der Waals surface area contributed by atoms with Gasteiger partial charge in [-0.15, -0.1) is 0 Å². The second-order valence-electron chi connectivity index (χ2n) is 7.48. The number of fused-ring (bicyclic) bond motifs is 1. The normalized spacial score (nSPS) is 12.0. The first-order valence-electron chi connectivity index (χ1n) is 10.3. The van der Waals surface area contributed by atoms with Crippen LogP contribution in [0.15, 0.2) is 41.5 Å². The van der Waals surface area contributed by atoms with Crippen LogP contribution in [0, 0.1) is 5.92 Å². The first kappa shape index (κ1) is 23.9. The smallest absolute Gasteiger partial charge is 0.408 e. The molecule has 12 nitrogen and oxygen atoms in total. The number of ether oxygens (including phenoxy) is 2. The van der Waals surface area contributed by atoms with Gasteiger partial charge >= 0.3 is 6.09 Å². The number of aliphatic hydroxyl groups is 1. The van der Waals surface area contributed by atoms with Crippen molar-refractivity contribution in [3.05, 3.63) is 52.6 Å². The Morgan fingerprint density at radius 1 is 1.24 bits per heavy atom. The fourth-order valence-electron chi connectivity index (χ4n) is 2.96. The van der Waals surface area contributed by atoms with Gasteiger partial charge in [-0.05, 0) is 11.5 Å². The zero-order valence-electron chi connectivity index (χ0n) is 18.3. The van der Waals surface area contributed by atoms with Gasteiger partial charge in [-0.3, -0.25) is 24.5 Å². The van der Waals surface area contributed by atoms with E-state index >= 15 is 0 Å². The number of aromatic amines is 1. The molecule has 176 valence electrons. The molecule has 4 N–H and O–H groups in total. The van der Waals surface area contributed by atoms with Crippen LogP contribution < -0.4 is 16.2 Å². The van der Waals surface area contributed by atoms with Crippen molar-refractivity contribution in [3.8, 4) is 0 Å². The number of hydrogen-bond acceptors (Lipinski definition) is 8. The standard InChI is InChI=1S/C21H26N6O6/c1-13(2)15(23-21(31)33-10-14-6-4-3-5-7-14)18(29)25-20-24-17-16(19(30)26-20)22-11-27(17)12-32-9-8-28/h3-7,11,13,15,28H,8-10,12H2,1-2H3,(H,23,31)(H2,24,25,26,29,30)/t15-/m0/s1. The number of carbonyl (C=O) groups excluding carboxylic acids is 2. The molecule has 0 spiro atoms. The van der Waals surface area contributed by atoms with Gasteiger partial charge in [0, 0.05) is 0 Å². The third-order valence-electron chi connectivity index (χ3n) is 4.62. The first-order valence-corrected chi connectivity index (χ1v) is 10.3. The molecule has 1 aromatic carbocycles. The monoisotopic (exact) mass is 458 g/mol. The van der Waals surface area contributed by atoms with E-state index in [0.29, 0.717) is 0 Å². The van der Waals surface area contributed by atoms with Gasteiger partial charge in [0.25, 0.3) is 5.56 Å². The van der Waals surface area contributed by atoms with Gasteiger partial charge in [0.1, 0.15) is 19.4 Å². The molecule has 0 aliphatic carbocycles. The molecule has 0 bridgehead atoms. The first-order chi connectivity index (χ1) is 15.9.